The molecule has 0 bridgehead atoms. The fourth-order valence-corrected chi connectivity index (χ4v) is 4.01. The highest BCUT2D eigenvalue weighted by molar-refractivity contribution is 6.05. The number of hydrogen-bond donors (Lipinski definition) is 1. The van der Waals surface area contributed by atoms with Gasteiger partial charge in [-0.2, -0.15) is 0 Å². The van der Waals surface area contributed by atoms with Crippen molar-refractivity contribution < 1.29 is 14.3 Å². The van der Waals surface area contributed by atoms with E-state index in [4.69, 9.17) is 4.74 Å². The lowest BCUT2D eigenvalue weighted by molar-refractivity contribution is 0.0600. The van der Waals surface area contributed by atoms with Crippen molar-refractivity contribution in [2.75, 3.05) is 12.4 Å². The molecule has 0 heterocycles. The first-order valence-electron chi connectivity index (χ1n) is 9.70. The molecule has 1 aliphatic rings. The van der Waals surface area contributed by atoms with Crippen molar-refractivity contribution in [1.29, 1.82) is 0 Å². The van der Waals surface area contributed by atoms with Crippen molar-refractivity contribution in [3.63, 3.8) is 0 Å². The highest BCUT2D eigenvalue weighted by Gasteiger charge is 2.37. The Morgan fingerprint density at radius 3 is 2.18 bits per heavy atom. The summed E-state index contributed by atoms with van der Waals surface area (Å²) >= 11 is 0. The zero-order valence-electron chi connectivity index (χ0n) is 17.6. The van der Waals surface area contributed by atoms with Gasteiger partial charge in [-0.1, -0.05) is 33.8 Å². The second kappa shape index (κ2) is 7.08. The van der Waals surface area contributed by atoms with Crippen LogP contribution in [0.2, 0.25) is 0 Å². The summed E-state index contributed by atoms with van der Waals surface area (Å²) < 4.78 is 4.77. The average molecular weight is 380 g/mol. The van der Waals surface area contributed by atoms with Crippen molar-refractivity contribution in [1.82, 2.24) is 0 Å². The Kier molecular flexibility index (Phi) is 5.09. The van der Waals surface area contributed by atoms with Crippen molar-refractivity contribution >= 4 is 17.6 Å². The van der Waals surface area contributed by atoms with Crippen molar-refractivity contribution in [3.05, 3.63) is 64.2 Å². The van der Waals surface area contributed by atoms with Gasteiger partial charge in [-0.3, -0.25) is 4.79 Å². The lowest BCUT2D eigenvalue weighted by Crippen LogP contribution is -2.34. The molecular weight excluding hydrogens is 350 g/mol. The Labute approximate surface area is 167 Å². The number of carbonyl (C=O) groups excluding carboxylic acids is 2. The SMILES string of the molecule is COC(=O)c1ccc(NC(=O)c2ccc3c(c2)C(C)(C)CCC3(C)C)cc1C. The molecule has 0 spiro atoms. The van der Waals surface area contributed by atoms with Crippen LogP contribution in [0.15, 0.2) is 36.4 Å². The van der Waals surface area contributed by atoms with E-state index in [1.165, 1.54) is 18.2 Å². The number of amides is 1. The zero-order valence-corrected chi connectivity index (χ0v) is 17.6. The molecule has 1 aliphatic carbocycles. The van der Waals surface area contributed by atoms with E-state index in [1.807, 2.05) is 19.1 Å². The lowest BCUT2D eigenvalue weighted by Gasteiger charge is -2.42. The second-order valence-electron chi connectivity index (χ2n) is 9.00. The topological polar surface area (TPSA) is 55.4 Å². The summed E-state index contributed by atoms with van der Waals surface area (Å²) in [4.78, 5) is 24.6. The zero-order chi connectivity index (χ0) is 20.7. The lowest BCUT2D eigenvalue weighted by atomic mass is 9.63. The molecule has 2 aromatic rings. The van der Waals surface area contributed by atoms with Gasteiger partial charge in [0.2, 0.25) is 0 Å². The van der Waals surface area contributed by atoms with Gasteiger partial charge in [0.15, 0.2) is 0 Å². The van der Waals surface area contributed by atoms with Crippen LogP contribution in [0.5, 0.6) is 0 Å². The third kappa shape index (κ3) is 3.68. The minimum atomic E-state index is -0.380. The van der Waals surface area contributed by atoms with Crippen molar-refractivity contribution in [3.8, 4) is 0 Å². The molecule has 0 unspecified atom stereocenters. The summed E-state index contributed by atoms with van der Waals surface area (Å²) in [5.41, 5.74) is 5.34. The summed E-state index contributed by atoms with van der Waals surface area (Å²) in [6.07, 6.45) is 2.25. The maximum Gasteiger partial charge on any atom is 0.338 e. The van der Waals surface area contributed by atoms with Gasteiger partial charge in [0.1, 0.15) is 0 Å². The molecule has 0 atom stereocenters. The van der Waals surface area contributed by atoms with Crippen molar-refractivity contribution in [2.45, 2.75) is 58.3 Å². The molecule has 1 amide bonds. The number of benzene rings is 2. The Morgan fingerprint density at radius 1 is 0.929 bits per heavy atom. The van der Waals surface area contributed by atoms with Crippen LogP contribution in [0, 0.1) is 6.92 Å². The van der Waals surface area contributed by atoms with E-state index in [2.05, 4.69) is 39.1 Å². The van der Waals surface area contributed by atoms with Crippen LogP contribution in [0.25, 0.3) is 0 Å². The van der Waals surface area contributed by atoms with Gasteiger partial charge in [0.25, 0.3) is 5.91 Å². The molecule has 0 saturated heterocycles. The Hall–Kier alpha value is -2.62. The fourth-order valence-electron chi connectivity index (χ4n) is 4.01. The van der Waals surface area contributed by atoms with Crippen LogP contribution in [0.4, 0.5) is 5.69 Å². The molecule has 0 aromatic heterocycles. The predicted octanol–water partition coefficient (Wildman–Crippen LogP) is 5.38. The number of nitrogens with one attached hydrogen (secondary N) is 1. The van der Waals surface area contributed by atoms with Gasteiger partial charge in [-0.05, 0) is 77.6 Å². The molecule has 3 rings (SSSR count). The van der Waals surface area contributed by atoms with Crippen LogP contribution < -0.4 is 5.32 Å². The third-order valence-corrected chi connectivity index (χ3v) is 6.00. The first-order valence-corrected chi connectivity index (χ1v) is 9.70. The summed E-state index contributed by atoms with van der Waals surface area (Å²) in [5.74, 6) is -0.526. The van der Waals surface area contributed by atoms with E-state index in [-0.39, 0.29) is 22.7 Å². The van der Waals surface area contributed by atoms with Crippen molar-refractivity contribution in [2.24, 2.45) is 0 Å². The second-order valence-corrected chi connectivity index (χ2v) is 9.00. The Balaban J connectivity index is 1.88. The maximum absolute atomic E-state index is 12.9. The van der Waals surface area contributed by atoms with Crippen LogP contribution >= 0.6 is 0 Å². The monoisotopic (exact) mass is 379 g/mol. The number of anilines is 1. The molecule has 0 fully saturated rings. The van der Waals surface area contributed by atoms with Crippen LogP contribution in [0.1, 0.15) is 77.9 Å². The van der Waals surface area contributed by atoms with E-state index < -0.39 is 0 Å². The molecule has 148 valence electrons. The molecule has 4 heteroatoms. The summed E-state index contributed by atoms with van der Waals surface area (Å²) in [6, 6.07) is 11.2. The third-order valence-electron chi connectivity index (χ3n) is 6.00. The number of fused-ring (bicyclic) bond motifs is 1. The van der Waals surface area contributed by atoms with E-state index in [9.17, 15) is 9.59 Å². The standard InChI is InChI=1S/C24H29NO3/c1-15-13-17(8-9-18(15)22(27)28-6)25-21(26)16-7-10-19-20(14-16)24(4,5)12-11-23(19,2)3/h7-10,13-14H,11-12H2,1-6H3,(H,25,26). The van der Waals surface area contributed by atoms with Gasteiger partial charge >= 0.3 is 5.97 Å². The van der Waals surface area contributed by atoms with Crippen LogP contribution in [0.3, 0.4) is 0 Å². The molecule has 0 saturated carbocycles. The first kappa shape index (κ1) is 20.1. The Bertz CT molecular complexity index is 941. The molecule has 0 aliphatic heterocycles. The molecule has 4 nitrogen and oxygen atoms in total. The van der Waals surface area contributed by atoms with Gasteiger partial charge in [0.05, 0.1) is 12.7 Å². The van der Waals surface area contributed by atoms with E-state index in [1.54, 1.807) is 18.2 Å². The number of methoxy groups -OCH3 is 1. The van der Waals surface area contributed by atoms with E-state index in [0.717, 1.165) is 18.4 Å². The van der Waals surface area contributed by atoms with Gasteiger partial charge in [-0.25, -0.2) is 4.79 Å². The molecule has 28 heavy (non-hydrogen) atoms. The normalized spacial score (nSPS) is 16.8. The van der Waals surface area contributed by atoms with Crippen LogP contribution in [-0.4, -0.2) is 19.0 Å². The number of rotatable bonds is 3. The molecule has 0 radical (unpaired) electrons. The first-order chi connectivity index (χ1) is 13.0. The van der Waals surface area contributed by atoms with Gasteiger partial charge < -0.3 is 10.1 Å². The average Bonchev–Trinajstić information content (AvgIpc) is 2.65. The maximum atomic E-state index is 12.9. The number of aryl methyl sites for hydroxylation is 1. The highest BCUT2D eigenvalue weighted by Crippen LogP contribution is 2.45. The summed E-state index contributed by atoms with van der Waals surface area (Å²) in [6.45, 7) is 10.9. The summed E-state index contributed by atoms with van der Waals surface area (Å²) in [5, 5.41) is 2.95. The molecule has 1 N–H and O–H groups in total. The van der Waals surface area contributed by atoms with E-state index >= 15 is 0 Å². The quantitative estimate of drug-likeness (QED) is 0.728. The summed E-state index contributed by atoms with van der Waals surface area (Å²) in [7, 11) is 1.36. The number of esters is 1. The molecular formula is C24H29NO3. The minimum absolute atomic E-state index is 0.0555. The number of hydrogen-bond acceptors (Lipinski definition) is 3. The largest absolute Gasteiger partial charge is 0.465 e. The molecule has 2 aromatic carbocycles. The Morgan fingerprint density at radius 2 is 1.57 bits per heavy atom. The van der Waals surface area contributed by atoms with Crippen LogP contribution in [-0.2, 0) is 15.6 Å². The number of carbonyl (C=O) groups is 2. The highest BCUT2D eigenvalue weighted by atomic mass is 16.5. The van der Waals surface area contributed by atoms with Gasteiger partial charge in [-0.15, -0.1) is 0 Å². The fraction of sp³-hybridized carbons (Fsp3) is 0.417. The van der Waals surface area contributed by atoms with E-state index in [0.29, 0.717) is 16.8 Å². The number of ether oxygens (including phenoxy) is 1. The van der Waals surface area contributed by atoms with Gasteiger partial charge in [0, 0.05) is 11.3 Å². The predicted molar refractivity (Wildman–Crippen MR) is 112 cm³/mol. The smallest absolute Gasteiger partial charge is 0.338 e. The minimum Gasteiger partial charge on any atom is -0.465 e.